The first-order valence-corrected chi connectivity index (χ1v) is 8.46. The fraction of sp³-hybridized carbons (Fsp3) is 0.389. The van der Waals surface area contributed by atoms with Gasteiger partial charge in [-0.15, -0.1) is 0 Å². The number of rotatable bonds is 8. The summed E-state index contributed by atoms with van der Waals surface area (Å²) in [6.45, 7) is 3.82. The van der Waals surface area contributed by atoms with Crippen LogP contribution >= 0.6 is 11.6 Å². The van der Waals surface area contributed by atoms with Crippen molar-refractivity contribution in [2.24, 2.45) is 5.92 Å². The number of amides is 1. The Morgan fingerprint density at radius 2 is 2.04 bits per heavy atom. The summed E-state index contributed by atoms with van der Waals surface area (Å²) in [6, 6.07) is 6.37. The van der Waals surface area contributed by atoms with Crippen LogP contribution in [0.1, 0.15) is 32.6 Å². The third kappa shape index (κ3) is 5.60. The van der Waals surface area contributed by atoms with E-state index < -0.39 is 12.0 Å². The van der Waals surface area contributed by atoms with Gasteiger partial charge in [0.2, 0.25) is 5.91 Å². The summed E-state index contributed by atoms with van der Waals surface area (Å²) in [5, 5.41) is 12.2. The van der Waals surface area contributed by atoms with Crippen LogP contribution in [-0.2, 0) is 16.0 Å². The molecule has 2 aromatic rings. The number of carbonyl (C=O) groups excluding carboxylic acids is 1. The molecule has 1 aromatic carbocycles. The molecule has 0 aliphatic rings. The number of aryl methyl sites for hydroxylation is 1. The molecule has 0 saturated carbocycles. The highest BCUT2D eigenvalue weighted by Crippen LogP contribution is 2.28. The molecule has 1 heterocycles. The second kappa shape index (κ2) is 8.67. The monoisotopic (exact) mass is 364 g/mol. The van der Waals surface area contributed by atoms with Gasteiger partial charge in [-0.05, 0) is 24.5 Å². The molecule has 25 heavy (non-hydrogen) atoms. The molecular formula is C18H21ClN2O4. The molecule has 0 fully saturated rings. The number of aliphatic carboxylic acids is 1. The van der Waals surface area contributed by atoms with Crippen molar-refractivity contribution in [1.29, 1.82) is 0 Å². The SMILES string of the molecule is CC(C)CC(NC(=O)CCc1ncc(-c2ccccc2Cl)o1)C(=O)O. The number of carboxylic acid groups (broad SMARTS) is 1. The molecule has 1 aromatic heterocycles. The maximum absolute atomic E-state index is 12.0. The Hall–Kier alpha value is -2.34. The number of benzene rings is 1. The van der Waals surface area contributed by atoms with Crippen molar-refractivity contribution in [3.8, 4) is 11.3 Å². The predicted octanol–water partition coefficient (Wildman–Crippen LogP) is 3.54. The molecule has 134 valence electrons. The van der Waals surface area contributed by atoms with Crippen molar-refractivity contribution in [3.63, 3.8) is 0 Å². The largest absolute Gasteiger partial charge is 0.480 e. The van der Waals surface area contributed by atoms with Crippen LogP contribution in [0.5, 0.6) is 0 Å². The fourth-order valence-electron chi connectivity index (χ4n) is 2.39. The van der Waals surface area contributed by atoms with Crippen LogP contribution in [0.2, 0.25) is 5.02 Å². The number of nitrogens with zero attached hydrogens (tertiary/aromatic N) is 1. The average Bonchev–Trinajstić information content (AvgIpc) is 3.01. The van der Waals surface area contributed by atoms with Crippen LogP contribution in [0.3, 0.4) is 0 Å². The Labute approximate surface area is 151 Å². The molecule has 2 N–H and O–H groups in total. The van der Waals surface area contributed by atoms with E-state index in [9.17, 15) is 9.59 Å². The molecule has 6 nitrogen and oxygen atoms in total. The van der Waals surface area contributed by atoms with Crippen molar-refractivity contribution >= 4 is 23.5 Å². The van der Waals surface area contributed by atoms with Gasteiger partial charge < -0.3 is 14.8 Å². The zero-order chi connectivity index (χ0) is 18.4. The summed E-state index contributed by atoms with van der Waals surface area (Å²) < 4.78 is 5.63. The van der Waals surface area contributed by atoms with Gasteiger partial charge in [-0.1, -0.05) is 37.6 Å². The maximum atomic E-state index is 12.0. The lowest BCUT2D eigenvalue weighted by molar-refractivity contribution is -0.142. The van der Waals surface area contributed by atoms with E-state index in [0.29, 0.717) is 23.1 Å². The van der Waals surface area contributed by atoms with Crippen molar-refractivity contribution in [1.82, 2.24) is 10.3 Å². The minimum Gasteiger partial charge on any atom is -0.480 e. The van der Waals surface area contributed by atoms with Crippen LogP contribution in [0, 0.1) is 5.92 Å². The maximum Gasteiger partial charge on any atom is 0.326 e. The zero-order valence-corrected chi connectivity index (χ0v) is 14.9. The number of oxazole rings is 1. The quantitative estimate of drug-likeness (QED) is 0.747. The third-order valence-electron chi connectivity index (χ3n) is 3.60. The normalized spacial score (nSPS) is 12.2. The minimum atomic E-state index is -1.03. The molecule has 0 saturated heterocycles. The van der Waals surface area contributed by atoms with Crippen molar-refractivity contribution < 1.29 is 19.1 Å². The van der Waals surface area contributed by atoms with Crippen LogP contribution in [0.15, 0.2) is 34.9 Å². The standard InChI is InChI=1S/C18H21ClN2O4/c1-11(2)9-14(18(23)24)21-16(22)7-8-17-20-10-15(25-17)12-5-3-4-6-13(12)19/h3-6,10-11,14H,7-9H2,1-2H3,(H,21,22)(H,23,24). The van der Waals surface area contributed by atoms with Crippen LogP contribution in [0.25, 0.3) is 11.3 Å². The average molecular weight is 365 g/mol. The molecule has 1 unspecified atom stereocenters. The number of aromatic nitrogens is 1. The smallest absolute Gasteiger partial charge is 0.326 e. The van der Waals surface area contributed by atoms with Crippen LogP contribution < -0.4 is 5.32 Å². The molecule has 1 amide bonds. The third-order valence-corrected chi connectivity index (χ3v) is 3.93. The van der Waals surface area contributed by atoms with Gasteiger partial charge in [-0.2, -0.15) is 0 Å². The van der Waals surface area contributed by atoms with E-state index >= 15 is 0 Å². The molecule has 0 radical (unpaired) electrons. The zero-order valence-electron chi connectivity index (χ0n) is 14.2. The number of hydrogen-bond donors (Lipinski definition) is 2. The summed E-state index contributed by atoms with van der Waals surface area (Å²) >= 11 is 6.12. The Morgan fingerprint density at radius 3 is 2.68 bits per heavy atom. The number of carbonyl (C=O) groups is 2. The molecule has 0 spiro atoms. The highest BCUT2D eigenvalue weighted by Gasteiger charge is 2.21. The first-order valence-electron chi connectivity index (χ1n) is 8.08. The Bertz CT molecular complexity index is 742. The Kier molecular flexibility index (Phi) is 6.58. The van der Waals surface area contributed by atoms with Crippen LogP contribution in [-0.4, -0.2) is 28.0 Å². The Morgan fingerprint density at radius 1 is 1.32 bits per heavy atom. The first kappa shape index (κ1) is 19.0. The van der Waals surface area contributed by atoms with Gasteiger partial charge in [0.15, 0.2) is 11.7 Å². The number of hydrogen-bond acceptors (Lipinski definition) is 4. The molecule has 7 heteroatoms. The first-order chi connectivity index (χ1) is 11.9. The second-order valence-electron chi connectivity index (χ2n) is 6.19. The number of nitrogens with one attached hydrogen (secondary N) is 1. The van der Waals surface area contributed by atoms with Gasteiger partial charge in [0.25, 0.3) is 0 Å². The highest BCUT2D eigenvalue weighted by atomic mass is 35.5. The predicted molar refractivity (Wildman–Crippen MR) is 94.3 cm³/mol. The lowest BCUT2D eigenvalue weighted by Crippen LogP contribution is -2.41. The van der Waals surface area contributed by atoms with Gasteiger partial charge in [-0.3, -0.25) is 4.79 Å². The molecule has 2 rings (SSSR count). The van der Waals surface area contributed by atoms with E-state index in [2.05, 4.69) is 10.3 Å². The summed E-state index contributed by atoms with van der Waals surface area (Å²) in [4.78, 5) is 27.3. The fourth-order valence-corrected chi connectivity index (χ4v) is 2.62. The number of carboxylic acids is 1. The topological polar surface area (TPSA) is 92.4 Å². The van der Waals surface area contributed by atoms with E-state index in [-0.39, 0.29) is 24.7 Å². The molecular weight excluding hydrogens is 344 g/mol. The van der Waals surface area contributed by atoms with E-state index in [1.54, 1.807) is 12.3 Å². The lowest BCUT2D eigenvalue weighted by Gasteiger charge is -2.16. The van der Waals surface area contributed by atoms with E-state index in [1.807, 2.05) is 32.0 Å². The van der Waals surface area contributed by atoms with Gasteiger partial charge in [0, 0.05) is 18.4 Å². The van der Waals surface area contributed by atoms with Gasteiger partial charge >= 0.3 is 5.97 Å². The van der Waals surface area contributed by atoms with E-state index in [4.69, 9.17) is 21.1 Å². The van der Waals surface area contributed by atoms with E-state index in [1.165, 1.54) is 0 Å². The van der Waals surface area contributed by atoms with Gasteiger partial charge in [0.05, 0.1) is 11.2 Å². The minimum absolute atomic E-state index is 0.102. The van der Waals surface area contributed by atoms with Gasteiger partial charge in [-0.25, -0.2) is 9.78 Å². The molecule has 0 aliphatic heterocycles. The summed E-state index contributed by atoms with van der Waals surface area (Å²) in [7, 11) is 0. The Balaban J connectivity index is 1.92. The summed E-state index contributed by atoms with van der Waals surface area (Å²) in [6.07, 6.45) is 2.33. The second-order valence-corrected chi connectivity index (χ2v) is 6.59. The molecule has 0 aliphatic carbocycles. The molecule has 1 atom stereocenters. The summed E-state index contributed by atoms with van der Waals surface area (Å²) in [5.41, 5.74) is 0.732. The molecule has 0 bridgehead atoms. The van der Waals surface area contributed by atoms with Crippen LogP contribution in [0.4, 0.5) is 0 Å². The number of halogens is 1. The highest BCUT2D eigenvalue weighted by molar-refractivity contribution is 6.33. The lowest BCUT2D eigenvalue weighted by atomic mass is 10.0. The van der Waals surface area contributed by atoms with Crippen molar-refractivity contribution in [2.75, 3.05) is 0 Å². The van der Waals surface area contributed by atoms with E-state index in [0.717, 1.165) is 5.56 Å². The van der Waals surface area contributed by atoms with Crippen molar-refractivity contribution in [2.45, 2.75) is 39.2 Å². The van der Waals surface area contributed by atoms with Crippen molar-refractivity contribution in [3.05, 3.63) is 41.4 Å². The summed E-state index contributed by atoms with van der Waals surface area (Å²) in [5.74, 6) is -0.263. The van der Waals surface area contributed by atoms with Gasteiger partial charge in [0.1, 0.15) is 6.04 Å².